The molecule has 26 heavy (non-hydrogen) atoms. The van der Waals surface area contributed by atoms with E-state index >= 15 is 0 Å². The third-order valence-corrected chi connectivity index (χ3v) is 4.20. The third kappa shape index (κ3) is 4.82. The van der Waals surface area contributed by atoms with Gasteiger partial charge >= 0.3 is 0 Å². The van der Waals surface area contributed by atoms with Gasteiger partial charge in [0, 0.05) is 29.4 Å². The van der Waals surface area contributed by atoms with Gasteiger partial charge in [-0.25, -0.2) is 0 Å². The zero-order valence-electron chi connectivity index (χ0n) is 14.1. The Morgan fingerprint density at radius 3 is 2.38 bits per heavy atom. The number of carbonyl (C=O) groups is 2. The summed E-state index contributed by atoms with van der Waals surface area (Å²) in [5.74, 6) is 5.76. The minimum atomic E-state index is -0.249. The Kier molecular flexibility index (Phi) is 5.47. The lowest BCUT2D eigenvalue weighted by Crippen LogP contribution is -2.13. The third-order valence-electron chi connectivity index (χ3n) is 3.42. The first-order chi connectivity index (χ1) is 12.6. The molecule has 2 N–H and O–H groups in total. The van der Waals surface area contributed by atoms with Crippen molar-refractivity contribution >= 4 is 34.5 Å². The summed E-state index contributed by atoms with van der Waals surface area (Å²) >= 11 is 1.59. The van der Waals surface area contributed by atoms with E-state index in [2.05, 4.69) is 22.5 Å². The number of hydrogen-bond acceptors (Lipinski definition) is 3. The second-order valence-corrected chi connectivity index (χ2v) is 6.47. The molecule has 4 nitrogen and oxygen atoms in total. The Bertz CT molecular complexity index is 998. The van der Waals surface area contributed by atoms with Crippen molar-refractivity contribution in [3.8, 4) is 11.8 Å². The van der Waals surface area contributed by atoms with E-state index in [1.54, 1.807) is 35.6 Å². The van der Waals surface area contributed by atoms with E-state index in [9.17, 15) is 9.59 Å². The molecule has 0 saturated carbocycles. The summed E-state index contributed by atoms with van der Waals surface area (Å²) in [6.07, 6.45) is 0. The van der Waals surface area contributed by atoms with E-state index in [1.807, 2.05) is 41.8 Å². The van der Waals surface area contributed by atoms with Gasteiger partial charge in [-0.2, -0.15) is 0 Å². The number of carbonyl (C=O) groups excluding carboxylic acids is 2. The first kappa shape index (κ1) is 17.5. The molecule has 2 aromatic carbocycles. The minimum absolute atomic E-state index is 0.181. The van der Waals surface area contributed by atoms with Crippen LogP contribution in [0.15, 0.2) is 66.0 Å². The van der Waals surface area contributed by atoms with E-state index in [0.29, 0.717) is 16.9 Å². The molecule has 0 spiro atoms. The molecule has 0 unspecified atom stereocenters. The Labute approximate surface area is 155 Å². The zero-order chi connectivity index (χ0) is 18.4. The van der Waals surface area contributed by atoms with Crippen LogP contribution in [0.3, 0.4) is 0 Å². The molecule has 3 aromatic rings. The topological polar surface area (TPSA) is 58.2 Å². The van der Waals surface area contributed by atoms with Crippen LogP contribution in [0.5, 0.6) is 0 Å². The number of benzene rings is 2. The summed E-state index contributed by atoms with van der Waals surface area (Å²) in [4.78, 5) is 24.6. The molecule has 1 heterocycles. The van der Waals surface area contributed by atoms with Gasteiger partial charge in [-0.1, -0.05) is 30.0 Å². The quantitative estimate of drug-likeness (QED) is 0.682. The van der Waals surface area contributed by atoms with Gasteiger partial charge in [0.2, 0.25) is 5.91 Å². The average Bonchev–Trinajstić information content (AvgIpc) is 3.13. The summed E-state index contributed by atoms with van der Waals surface area (Å²) in [5.41, 5.74) is 2.54. The molecule has 3 rings (SSSR count). The fourth-order valence-electron chi connectivity index (χ4n) is 2.30. The SMILES string of the molecule is CC(=O)Nc1cccc(C(=O)Nc2cccc(C#Cc3cccs3)c2)c1. The van der Waals surface area contributed by atoms with Crippen molar-refractivity contribution in [3.63, 3.8) is 0 Å². The summed E-state index contributed by atoms with van der Waals surface area (Å²) in [7, 11) is 0. The van der Waals surface area contributed by atoms with Crippen LogP contribution in [0.1, 0.15) is 27.7 Å². The molecule has 0 aliphatic carbocycles. The molecule has 0 aliphatic heterocycles. The van der Waals surface area contributed by atoms with E-state index < -0.39 is 0 Å². The van der Waals surface area contributed by atoms with E-state index in [0.717, 1.165) is 10.4 Å². The van der Waals surface area contributed by atoms with Crippen molar-refractivity contribution in [2.75, 3.05) is 10.6 Å². The van der Waals surface area contributed by atoms with Crippen LogP contribution in [0.4, 0.5) is 11.4 Å². The van der Waals surface area contributed by atoms with Gasteiger partial charge in [-0.05, 0) is 47.8 Å². The van der Waals surface area contributed by atoms with E-state index in [1.165, 1.54) is 6.92 Å². The maximum Gasteiger partial charge on any atom is 0.255 e. The van der Waals surface area contributed by atoms with Crippen molar-refractivity contribution in [3.05, 3.63) is 82.0 Å². The fourth-order valence-corrected chi connectivity index (χ4v) is 2.87. The largest absolute Gasteiger partial charge is 0.326 e. The van der Waals surface area contributed by atoms with Crippen molar-refractivity contribution < 1.29 is 9.59 Å². The highest BCUT2D eigenvalue weighted by molar-refractivity contribution is 7.10. The van der Waals surface area contributed by atoms with Gasteiger partial charge in [0.05, 0.1) is 4.88 Å². The number of anilines is 2. The van der Waals surface area contributed by atoms with Crippen LogP contribution < -0.4 is 10.6 Å². The minimum Gasteiger partial charge on any atom is -0.326 e. The molecular weight excluding hydrogens is 344 g/mol. The molecule has 0 saturated heterocycles. The van der Waals surface area contributed by atoms with Crippen LogP contribution >= 0.6 is 11.3 Å². The Morgan fingerprint density at radius 2 is 1.65 bits per heavy atom. The lowest BCUT2D eigenvalue weighted by atomic mass is 10.1. The molecule has 0 radical (unpaired) electrons. The Morgan fingerprint density at radius 1 is 0.885 bits per heavy atom. The highest BCUT2D eigenvalue weighted by Crippen LogP contribution is 2.15. The summed E-state index contributed by atoms with van der Waals surface area (Å²) in [6, 6.07) is 18.1. The van der Waals surface area contributed by atoms with Crippen LogP contribution in [0.25, 0.3) is 0 Å². The Balaban J connectivity index is 1.73. The van der Waals surface area contributed by atoms with Crippen LogP contribution in [-0.2, 0) is 4.79 Å². The Hall–Kier alpha value is -3.36. The van der Waals surface area contributed by atoms with Crippen molar-refractivity contribution in [2.45, 2.75) is 6.92 Å². The van der Waals surface area contributed by atoms with E-state index in [4.69, 9.17) is 0 Å². The zero-order valence-corrected chi connectivity index (χ0v) is 14.9. The lowest BCUT2D eigenvalue weighted by molar-refractivity contribution is -0.114. The maximum absolute atomic E-state index is 12.4. The average molecular weight is 360 g/mol. The molecular formula is C21H16N2O2S. The predicted molar refractivity (Wildman–Crippen MR) is 105 cm³/mol. The van der Waals surface area contributed by atoms with Crippen molar-refractivity contribution in [2.24, 2.45) is 0 Å². The van der Waals surface area contributed by atoms with Crippen molar-refractivity contribution in [1.29, 1.82) is 0 Å². The molecule has 0 fully saturated rings. The smallest absolute Gasteiger partial charge is 0.255 e. The fraction of sp³-hybridized carbons (Fsp3) is 0.0476. The summed E-state index contributed by atoms with van der Waals surface area (Å²) in [6.45, 7) is 1.43. The van der Waals surface area contributed by atoms with Gasteiger partial charge in [-0.3, -0.25) is 9.59 Å². The monoisotopic (exact) mass is 360 g/mol. The second-order valence-electron chi connectivity index (χ2n) is 5.52. The first-order valence-electron chi connectivity index (χ1n) is 7.95. The normalized spacial score (nSPS) is 9.73. The second kappa shape index (κ2) is 8.15. The summed E-state index contributed by atoms with van der Waals surface area (Å²) in [5, 5.41) is 7.50. The highest BCUT2D eigenvalue weighted by atomic mass is 32.1. The van der Waals surface area contributed by atoms with Gasteiger partial charge in [0.1, 0.15) is 0 Å². The molecule has 1 aromatic heterocycles. The van der Waals surface area contributed by atoms with Gasteiger partial charge in [0.15, 0.2) is 0 Å². The highest BCUT2D eigenvalue weighted by Gasteiger charge is 2.07. The predicted octanol–water partition coefficient (Wildman–Crippen LogP) is 4.36. The molecule has 0 bridgehead atoms. The standard InChI is InChI=1S/C21H16N2O2S/c1-15(24)22-19-8-3-6-17(14-19)21(25)23-18-7-2-5-16(13-18)10-11-20-9-4-12-26-20/h2-9,12-14H,1H3,(H,22,24)(H,23,25). The summed E-state index contributed by atoms with van der Waals surface area (Å²) < 4.78 is 0. The molecule has 2 amide bonds. The number of hydrogen-bond donors (Lipinski definition) is 2. The first-order valence-corrected chi connectivity index (χ1v) is 8.83. The van der Waals surface area contributed by atoms with Crippen LogP contribution in [0, 0.1) is 11.8 Å². The molecule has 5 heteroatoms. The van der Waals surface area contributed by atoms with Gasteiger partial charge < -0.3 is 10.6 Å². The molecule has 0 aliphatic rings. The number of thiophene rings is 1. The van der Waals surface area contributed by atoms with Crippen LogP contribution in [0.2, 0.25) is 0 Å². The van der Waals surface area contributed by atoms with Crippen LogP contribution in [-0.4, -0.2) is 11.8 Å². The van der Waals surface area contributed by atoms with Gasteiger partial charge in [-0.15, -0.1) is 11.3 Å². The number of nitrogens with one attached hydrogen (secondary N) is 2. The van der Waals surface area contributed by atoms with Gasteiger partial charge in [0.25, 0.3) is 5.91 Å². The molecule has 0 atom stereocenters. The maximum atomic E-state index is 12.4. The lowest BCUT2D eigenvalue weighted by Gasteiger charge is -2.08. The number of rotatable bonds is 3. The van der Waals surface area contributed by atoms with E-state index in [-0.39, 0.29) is 11.8 Å². The van der Waals surface area contributed by atoms with Crippen molar-refractivity contribution in [1.82, 2.24) is 0 Å². The molecule has 128 valence electrons. The number of amides is 2.